The zero-order valence-corrected chi connectivity index (χ0v) is 31.4. The first-order valence-electron chi connectivity index (χ1n) is 19.1. The SMILES string of the molecule is c1ccc(-c2nc(-c3ccccc3)nc(-n3c4ccccc4c4c(-c5ccc6c(c5)c5ccccc5n6-c5ccc6sc7ccccc7c6c5)cccc43)n2)cc1. The van der Waals surface area contributed by atoms with Gasteiger partial charge in [0, 0.05) is 58.5 Å². The number of rotatable bonds is 5. The summed E-state index contributed by atoms with van der Waals surface area (Å²) >= 11 is 1.85. The maximum atomic E-state index is 5.15. The molecule has 0 radical (unpaired) electrons. The normalized spacial score (nSPS) is 11.9. The first kappa shape index (κ1) is 31.9. The molecule has 8 aromatic carbocycles. The van der Waals surface area contributed by atoms with Crippen molar-refractivity contribution in [3.05, 3.63) is 188 Å². The molecular weight excluding hydrogens is 715 g/mol. The van der Waals surface area contributed by atoms with Gasteiger partial charge in [-0.05, 0) is 65.7 Å². The van der Waals surface area contributed by atoms with Crippen LogP contribution in [-0.2, 0) is 0 Å². The summed E-state index contributed by atoms with van der Waals surface area (Å²) in [5, 5.41) is 7.35. The predicted molar refractivity (Wildman–Crippen MR) is 238 cm³/mol. The average molecular weight is 746 g/mol. The number of fused-ring (bicyclic) bond motifs is 9. The quantitative estimate of drug-likeness (QED) is 0.176. The van der Waals surface area contributed by atoms with E-state index in [1.165, 1.54) is 42.0 Å². The monoisotopic (exact) mass is 745 g/mol. The van der Waals surface area contributed by atoms with Crippen molar-refractivity contribution >= 4 is 75.1 Å². The minimum atomic E-state index is 0.583. The van der Waals surface area contributed by atoms with Crippen LogP contribution in [-0.4, -0.2) is 24.1 Å². The van der Waals surface area contributed by atoms with E-state index in [0.29, 0.717) is 17.6 Å². The first-order valence-corrected chi connectivity index (χ1v) is 19.9. The van der Waals surface area contributed by atoms with Gasteiger partial charge in [-0.1, -0.05) is 133 Å². The third-order valence-electron chi connectivity index (χ3n) is 11.2. The number of benzene rings is 8. The highest BCUT2D eigenvalue weighted by Crippen LogP contribution is 2.42. The van der Waals surface area contributed by atoms with Gasteiger partial charge in [0.15, 0.2) is 11.6 Å². The van der Waals surface area contributed by atoms with Gasteiger partial charge in [0.05, 0.1) is 22.1 Å². The average Bonchev–Trinajstić information content (AvgIpc) is 3.94. The molecule has 0 atom stereocenters. The molecule has 5 nitrogen and oxygen atoms in total. The van der Waals surface area contributed by atoms with Crippen LogP contribution in [0.5, 0.6) is 0 Å². The standard InChI is InChI=1S/C51H31N5S/c1-3-14-32(15-4-1)49-52-50(33-16-5-2-6-17-33)54-51(53-49)56-43-23-11-8-20-39(43)48-36(21-13-24-45(48)56)34-26-28-44-40(30-34)37-18-7-10-22-42(37)55(44)35-27-29-47-41(31-35)38-19-9-12-25-46(38)57-47/h1-31H. The van der Waals surface area contributed by atoms with Crippen LogP contribution in [0.15, 0.2) is 188 Å². The Kier molecular flexibility index (Phi) is 7.03. The molecule has 0 unspecified atom stereocenters. The number of hydrogen-bond donors (Lipinski definition) is 0. The molecule has 0 saturated heterocycles. The lowest BCUT2D eigenvalue weighted by Crippen LogP contribution is -2.06. The fourth-order valence-electron chi connectivity index (χ4n) is 8.64. The van der Waals surface area contributed by atoms with Crippen LogP contribution in [0.25, 0.3) is 109 Å². The van der Waals surface area contributed by atoms with E-state index in [4.69, 9.17) is 15.0 Å². The molecule has 0 aliphatic heterocycles. The van der Waals surface area contributed by atoms with Crippen LogP contribution in [0.2, 0.25) is 0 Å². The maximum Gasteiger partial charge on any atom is 0.238 e. The smallest absolute Gasteiger partial charge is 0.238 e. The van der Waals surface area contributed by atoms with Crippen LogP contribution < -0.4 is 0 Å². The molecule has 0 fully saturated rings. The lowest BCUT2D eigenvalue weighted by Gasteiger charge is -2.11. The van der Waals surface area contributed by atoms with Crippen molar-refractivity contribution in [2.45, 2.75) is 0 Å². The molecule has 57 heavy (non-hydrogen) atoms. The van der Waals surface area contributed by atoms with Gasteiger partial charge in [0.2, 0.25) is 5.95 Å². The second kappa shape index (κ2) is 12.6. The van der Waals surface area contributed by atoms with E-state index in [9.17, 15) is 0 Å². The number of aromatic nitrogens is 5. The third-order valence-corrected chi connectivity index (χ3v) is 12.3. The molecular formula is C51H31N5S. The second-order valence-electron chi connectivity index (χ2n) is 14.4. The van der Waals surface area contributed by atoms with Gasteiger partial charge in [-0.2, -0.15) is 9.97 Å². The molecule has 4 aromatic heterocycles. The van der Waals surface area contributed by atoms with Crippen molar-refractivity contribution in [3.63, 3.8) is 0 Å². The summed E-state index contributed by atoms with van der Waals surface area (Å²) in [5.41, 5.74) is 9.81. The van der Waals surface area contributed by atoms with Gasteiger partial charge in [0.1, 0.15) is 0 Å². The Bertz CT molecular complexity index is 3470. The number of nitrogens with zero attached hydrogens (tertiary/aromatic N) is 5. The van der Waals surface area contributed by atoms with E-state index in [2.05, 4.69) is 137 Å². The van der Waals surface area contributed by atoms with E-state index in [1.807, 2.05) is 72.0 Å². The lowest BCUT2D eigenvalue weighted by molar-refractivity contribution is 0.953. The Morgan fingerprint density at radius 3 is 1.70 bits per heavy atom. The fourth-order valence-corrected chi connectivity index (χ4v) is 9.73. The van der Waals surface area contributed by atoms with Gasteiger partial charge >= 0.3 is 0 Å². The first-order chi connectivity index (χ1) is 28.3. The Hall–Kier alpha value is -7.41. The third kappa shape index (κ3) is 4.98. The highest BCUT2D eigenvalue weighted by atomic mass is 32.1. The van der Waals surface area contributed by atoms with E-state index in [-0.39, 0.29) is 0 Å². The predicted octanol–water partition coefficient (Wildman–Crippen LogP) is 13.4. The van der Waals surface area contributed by atoms with Crippen molar-refractivity contribution < 1.29 is 0 Å². The van der Waals surface area contributed by atoms with Crippen LogP contribution >= 0.6 is 11.3 Å². The second-order valence-corrected chi connectivity index (χ2v) is 15.5. The minimum absolute atomic E-state index is 0.583. The van der Waals surface area contributed by atoms with E-state index >= 15 is 0 Å². The van der Waals surface area contributed by atoms with Gasteiger partial charge in [-0.3, -0.25) is 4.57 Å². The Balaban J connectivity index is 1.08. The number of thiophene rings is 1. The highest BCUT2D eigenvalue weighted by molar-refractivity contribution is 7.25. The van der Waals surface area contributed by atoms with Gasteiger partial charge in [0.25, 0.3) is 0 Å². The Morgan fingerprint density at radius 2 is 0.947 bits per heavy atom. The fraction of sp³-hybridized carbons (Fsp3) is 0. The van der Waals surface area contributed by atoms with Gasteiger partial charge in [-0.25, -0.2) is 4.98 Å². The molecule has 4 heterocycles. The van der Waals surface area contributed by atoms with Crippen molar-refractivity contribution in [2.75, 3.05) is 0 Å². The van der Waals surface area contributed by atoms with Crippen LogP contribution in [0, 0.1) is 0 Å². The summed E-state index contributed by atoms with van der Waals surface area (Å²) < 4.78 is 7.24. The van der Waals surface area contributed by atoms with E-state index < -0.39 is 0 Å². The molecule has 0 spiro atoms. The summed E-state index contributed by atoms with van der Waals surface area (Å²) in [5.74, 6) is 1.85. The number of hydrogen-bond acceptors (Lipinski definition) is 4. The Morgan fingerprint density at radius 1 is 0.351 bits per heavy atom. The summed E-state index contributed by atoms with van der Waals surface area (Å²) in [6.45, 7) is 0. The topological polar surface area (TPSA) is 48.5 Å². The van der Waals surface area contributed by atoms with Crippen LogP contribution in [0.4, 0.5) is 0 Å². The molecule has 0 N–H and O–H groups in total. The largest absolute Gasteiger partial charge is 0.309 e. The van der Waals surface area contributed by atoms with Gasteiger partial charge in [-0.15, -0.1) is 11.3 Å². The molecule has 0 bridgehead atoms. The molecule has 0 aliphatic rings. The van der Waals surface area contributed by atoms with Crippen molar-refractivity contribution in [1.29, 1.82) is 0 Å². The summed E-state index contributed by atoms with van der Waals surface area (Å²) in [7, 11) is 0. The van der Waals surface area contributed by atoms with Crippen LogP contribution in [0.3, 0.4) is 0 Å². The zero-order chi connectivity index (χ0) is 37.5. The molecule has 12 rings (SSSR count). The summed E-state index contributed by atoms with van der Waals surface area (Å²) in [4.78, 5) is 15.3. The summed E-state index contributed by atoms with van der Waals surface area (Å²) in [6.07, 6.45) is 0. The molecule has 0 saturated carbocycles. The minimum Gasteiger partial charge on any atom is -0.309 e. The molecule has 12 aromatic rings. The summed E-state index contributed by atoms with van der Waals surface area (Å²) in [6, 6.07) is 66.8. The van der Waals surface area contributed by atoms with Gasteiger partial charge < -0.3 is 4.57 Å². The highest BCUT2D eigenvalue weighted by Gasteiger charge is 2.21. The van der Waals surface area contributed by atoms with E-state index in [1.54, 1.807) is 0 Å². The zero-order valence-electron chi connectivity index (χ0n) is 30.5. The molecule has 0 amide bonds. The lowest BCUT2D eigenvalue weighted by atomic mass is 9.98. The molecule has 0 aliphatic carbocycles. The number of para-hydroxylation sites is 2. The Labute approximate surface area is 331 Å². The molecule has 6 heteroatoms. The van der Waals surface area contributed by atoms with Crippen LogP contribution in [0.1, 0.15) is 0 Å². The van der Waals surface area contributed by atoms with Crippen molar-refractivity contribution in [1.82, 2.24) is 24.1 Å². The van der Waals surface area contributed by atoms with Crippen molar-refractivity contribution in [2.24, 2.45) is 0 Å². The van der Waals surface area contributed by atoms with E-state index in [0.717, 1.165) is 49.7 Å². The maximum absolute atomic E-state index is 5.15. The molecule has 266 valence electrons. The van der Waals surface area contributed by atoms with Crippen molar-refractivity contribution in [3.8, 4) is 45.5 Å².